The SMILES string of the molecule is C[C@H]1CCCN(C(=O)c2cc3cc(F)ccc3[nH]2)C1. The third-order valence-electron chi connectivity index (χ3n) is 3.76. The molecule has 1 amide bonds. The summed E-state index contributed by atoms with van der Waals surface area (Å²) >= 11 is 0. The first-order valence-corrected chi connectivity index (χ1v) is 6.71. The molecule has 1 atom stereocenters. The molecule has 19 heavy (non-hydrogen) atoms. The summed E-state index contributed by atoms with van der Waals surface area (Å²) in [7, 11) is 0. The average Bonchev–Trinajstić information content (AvgIpc) is 2.80. The molecule has 3 rings (SSSR count). The summed E-state index contributed by atoms with van der Waals surface area (Å²) in [6.45, 7) is 3.79. The fourth-order valence-corrected chi connectivity index (χ4v) is 2.76. The van der Waals surface area contributed by atoms with Gasteiger partial charge in [0.05, 0.1) is 0 Å². The second-order valence-electron chi connectivity index (χ2n) is 5.41. The van der Waals surface area contributed by atoms with E-state index < -0.39 is 0 Å². The first kappa shape index (κ1) is 12.2. The van der Waals surface area contributed by atoms with Gasteiger partial charge in [-0.3, -0.25) is 4.79 Å². The Morgan fingerprint density at radius 2 is 2.26 bits per heavy atom. The van der Waals surface area contributed by atoms with Gasteiger partial charge in [-0.1, -0.05) is 6.92 Å². The minimum atomic E-state index is -0.280. The van der Waals surface area contributed by atoms with Crippen molar-refractivity contribution in [2.75, 3.05) is 13.1 Å². The van der Waals surface area contributed by atoms with Gasteiger partial charge in [-0.25, -0.2) is 4.39 Å². The lowest BCUT2D eigenvalue weighted by atomic mass is 10.00. The molecule has 0 spiro atoms. The second kappa shape index (κ2) is 4.68. The Labute approximate surface area is 111 Å². The largest absolute Gasteiger partial charge is 0.351 e. The van der Waals surface area contributed by atoms with Crippen LogP contribution in [-0.4, -0.2) is 28.9 Å². The zero-order valence-electron chi connectivity index (χ0n) is 10.9. The topological polar surface area (TPSA) is 36.1 Å². The molecular formula is C15H17FN2O. The fraction of sp³-hybridized carbons (Fsp3) is 0.400. The van der Waals surface area contributed by atoms with Crippen LogP contribution in [0.25, 0.3) is 10.9 Å². The molecule has 2 heterocycles. The number of nitrogens with zero attached hydrogens (tertiary/aromatic N) is 1. The van der Waals surface area contributed by atoms with E-state index in [1.54, 1.807) is 12.1 Å². The predicted molar refractivity (Wildman–Crippen MR) is 72.6 cm³/mol. The highest BCUT2D eigenvalue weighted by Gasteiger charge is 2.23. The van der Waals surface area contributed by atoms with Crippen LogP contribution in [0.15, 0.2) is 24.3 Å². The van der Waals surface area contributed by atoms with Crippen molar-refractivity contribution in [2.45, 2.75) is 19.8 Å². The van der Waals surface area contributed by atoms with Crippen molar-refractivity contribution in [3.8, 4) is 0 Å². The van der Waals surface area contributed by atoms with Crippen molar-refractivity contribution in [1.29, 1.82) is 0 Å². The molecular weight excluding hydrogens is 243 g/mol. The number of fused-ring (bicyclic) bond motifs is 1. The summed E-state index contributed by atoms with van der Waals surface area (Å²) in [5.41, 5.74) is 1.35. The van der Waals surface area contributed by atoms with Gasteiger partial charge in [0.1, 0.15) is 11.5 Å². The van der Waals surface area contributed by atoms with Crippen LogP contribution in [0.1, 0.15) is 30.3 Å². The number of hydrogen-bond acceptors (Lipinski definition) is 1. The number of rotatable bonds is 1. The number of benzene rings is 1. The maximum absolute atomic E-state index is 13.1. The van der Waals surface area contributed by atoms with E-state index in [1.807, 2.05) is 4.90 Å². The van der Waals surface area contributed by atoms with Gasteiger partial charge in [0, 0.05) is 24.0 Å². The van der Waals surface area contributed by atoms with Gasteiger partial charge in [-0.05, 0) is 43.0 Å². The molecule has 0 saturated carbocycles. The molecule has 0 bridgehead atoms. The lowest BCUT2D eigenvalue weighted by Gasteiger charge is -2.30. The van der Waals surface area contributed by atoms with Gasteiger partial charge in [0.2, 0.25) is 0 Å². The van der Waals surface area contributed by atoms with Crippen LogP contribution in [0.2, 0.25) is 0 Å². The van der Waals surface area contributed by atoms with Crippen molar-refractivity contribution < 1.29 is 9.18 Å². The lowest BCUT2D eigenvalue weighted by Crippen LogP contribution is -2.39. The van der Waals surface area contributed by atoms with E-state index in [9.17, 15) is 9.18 Å². The third-order valence-corrected chi connectivity index (χ3v) is 3.76. The number of amides is 1. The van der Waals surface area contributed by atoms with Gasteiger partial charge >= 0.3 is 0 Å². The molecule has 1 aromatic carbocycles. The van der Waals surface area contributed by atoms with E-state index in [-0.39, 0.29) is 11.7 Å². The standard InChI is InChI=1S/C15H17FN2O/c1-10-3-2-6-18(9-10)15(19)14-8-11-7-12(16)4-5-13(11)17-14/h4-5,7-8,10,17H,2-3,6,9H2,1H3/t10-/m0/s1. The molecule has 0 radical (unpaired) electrons. The van der Waals surface area contributed by atoms with Gasteiger partial charge in [0.25, 0.3) is 5.91 Å². The Bertz CT molecular complexity index is 620. The number of aromatic amines is 1. The molecule has 1 saturated heterocycles. The Morgan fingerprint density at radius 3 is 3.05 bits per heavy atom. The molecule has 0 aliphatic carbocycles. The molecule has 1 N–H and O–H groups in total. The van der Waals surface area contributed by atoms with Crippen LogP contribution in [0.3, 0.4) is 0 Å². The van der Waals surface area contributed by atoms with Gasteiger partial charge < -0.3 is 9.88 Å². The van der Waals surface area contributed by atoms with Crippen LogP contribution < -0.4 is 0 Å². The maximum atomic E-state index is 13.1. The van der Waals surface area contributed by atoms with Crippen molar-refractivity contribution in [3.05, 3.63) is 35.8 Å². The minimum absolute atomic E-state index is 0.0168. The summed E-state index contributed by atoms with van der Waals surface area (Å²) < 4.78 is 13.1. The van der Waals surface area contributed by atoms with Crippen molar-refractivity contribution in [2.24, 2.45) is 5.92 Å². The Hall–Kier alpha value is -1.84. The van der Waals surface area contributed by atoms with Crippen LogP contribution in [0.4, 0.5) is 4.39 Å². The van der Waals surface area contributed by atoms with Crippen molar-refractivity contribution in [1.82, 2.24) is 9.88 Å². The van der Waals surface area contributed by atoms with Crippen molar-refractivity contribution >= 4 is 16.8 Å². The zero-order valence-corrected chi connectivity index (χ0v) is 10.9. The first-order valence-electron chi connectivity index (χ1n) is 6.71. The van der Waals surface area contributed by atoms with E-state index in [1.165, 1.54) is 18.6 Å². The normalized spacial score (nSPS) is 19.9. The van der Waals surface area contributed by atoms with Crippen molar-refractivity contribution in [3.63, 3.8) is 0 Å². The molecule has 1 aliphatic rings. The Balaban J connectivity index is 1.88. The fourth-order valence-electron chi connectivity index (χ4n) is 2.76. The Morgan fingerprint density at radius 1 is 1.42 bits per heavy atom. The molecule has 2 aromatic rings. The number of carbonyl (C=O) groups is 1. The highest BCUT2D eigenvalue weighted by atomic mass is 19.1. The molecule has 1 aliphatic heterocycles. The number of hydrogen-bond donors (Lipinski definition) is 1. The smallest absolute Gasteiger partial charge is 0.270 e. The number of likely N-dealkylation sites (tertiary alicyclic amines) is 1. The molecule has 100 valence electrons. The number of aromatic nitrogens is 1. The summed E-state index contributed by atoms with van der Waals surface area (Å²) in [4.78, 5) is 17.4. The first-order chi connectivity index (χ1) is 9.13. The van der Waals surface area contributed by atoms with Crippen LogP contribution in [0, 0.1) is 11.7 Å². The van der Waals surface area contributed by atoms with Crippen LogP contribution >= 0.6 is 0 Å². The number of halogens is 1. The highest BCUT2D eigenvalue weighted by Crippen LogP contribution is 2.21. The zero-order chi connectivity index (χ0) is 13.4. The maximum Gasteiger partial charge on any atom is 0.270 e. The van der Waals surface area contributed by atoms with Gasteiger partial charge in [-0.15, -0.1) is 0 Å². The molecule has 3 nitrogen and oxygen atoms in total. The van der Waals surface area contributed by atoms with Gasteiger partial charge in [-0.2, -0.15) is 0 Å². The van der Waals surface area contributed by atoms with E-state index in [0.717, 1.165) is 30.4 Å². The summed E-state index contributed by atoms with van der Waals surface area (Å²) in [6, 6.07) is 6.25. The number of nitrogens with one attached hydrogen (secondary N) is 1. The molecule has 0 unspecified atom stereocenters. The minimum Gasteiger partial charge on any atom is -0.351 e. The summed E-state index contributed by atoms with van der Waals surface area (Å²) in [5.74, 6) is 0.291. The van der Waals surface area contributed by atoms with E-state index in [2.05, 4.69) is 11.9 Å². The third kappa shape index (κ3) is 2.35. The monoisotopic (exact) mass is 260 g/mol. The second-order valence-corrected chi connectivity index (χ2v) is 5.41. The van der Waals surface area contributed by atoms with Crippen LogP contribution in [0.5, 0.6) is 0 Å². The number of H-pyrrole nitrogens is 1. The quantitative estimate of drug-likeness (QED) is 0.840. The predicted octanol–water partition coefficient (Wildman–Crippen LogP) is 3.18. The Kier molecular flexibility index (Phi) is 3.01. The van der Waals surface area contributed by atoms with E-state index >= 15 is 0 Å². The highest BCUT2D eigenvalue weighted by molar-refractivity contribution is 5.98. The average molecular weight is 260 g/mol. The summed E-state index contributed by atoms with van der Waals surface area (Å²) in [6.07, 6.45) is 2.24. The summed E-state index contributed by atoms with van der Waals surface area (Å²) in [5, 5.41) is 0.744. The number of piperidine rings is 1. The van der Waals surface area contributed by atoms with Crippen LogP contribution in [-0.2, 0) is 0 Å². The number of carbonyl (C=O) groups excluding carboxylic acids is 1. The molecule has 1 fully saturated rings. The van der Waals surface area contributed by atoms with E-state index in [0.29, 0.717) is 11.6 Å². The lowest BCUT2D eigenvalue weighted by molar-refractivity contribution is 0.0678. The molecule has 4 heteroatoms. The van der Waals surface area contributed by atoms with Gasteiger partial charge in [0.15, 0.2) is 0 Å². The van der Waals surface area contributed by atoms with E-state index in [4.69, 9.17) is 0 Å². The molecule has 1 aromatic heterocycles.